The Morgan fingerprint density at radius 2 is 2.05 bits per heavy atom. The normalized spacial score (nSPS) is 12.6. The van der Waals surface area contributed by atoms with Crippen molar-refractivity contribution < 1.29 is 23.1 Å². The van der Waals surface area contributed by atoms with Gasteiger partial charge in [-0.2, -0.15) is 13.2 Å². The standard InChI is InChI=1S/C11H12F3NO2S.ClH/c12-11(13,14)18-8-3-1-2-7(6-8)9(15)4-5-10(16)17;/h1-3,6,9H,4-5,15H2,(H,16,17);1H. The number of carboxylic acid groups (broad SMARTS) is 1. The van der Waals surface area contributed by atoms with Gasteiger partial charge < -0.3 is 10.8 Å². The van der Waals surface area contributed by atoms with E-state index in [9.17, 15) is 18.0 Å². The van der Waals surface area contributed by atoms with Gasteiger partial charge in [-0.25, -0.2) is 0 Å². The summed E-state index contributed by atoms with van der Waals surface area (Å²) in [5.74, 6) is -0.980. The molecule has 0 aliphatic rings. The number of hydrogen-bond donors (Lipinski definition) is 2. The molecule has 8 heteroatoms. The number of rotatable bonds is 5. The molecule has 0 bridgehead atoms. The van der Waals surface area contributed by atoms with Crippen LogP contribution < -0.4 is 5.73 Å². The zero-order chi connectivity index (χ0) is 13.8. The topological polar surface area (TPSA) is 63.3 Å². The summed E-state index contributed by atoms with van der Waals surface area (Å²) in [7, 11) is 0. The van der Waals surface area contributed by atoms with Crippen LogP contribution in [0.2, 0.25) is 0 Å². The summed E-state index contributed by atoms with van der Waals surface area (Å²) in [5.41, 5.74) is 1.88. The molecule has 0 aromatic heterocycles. The lowest BCUT2D eigenvalue weighted by Crippen LogP contribution is -2.12. The Morgan fingerprint density at radius 1 is 1.42 bits per heavy atom. The second-order valence-corrected chi connectivity index (χ2v) is 4.80. The number of thioether (sulfide) groups is 1. The van der Waals surface area contributed by atoms with Gasteiger partial charge in [-0.15, -0.1) is 12.4 Å². The molecule has 0 aliphatic heterocycles. The lowest BCUT2D eigenvalue weighted by molar-refractivity contribution is -0.137. The van der Waals surface area contributed by atoms with Crippen molar-refractivity contribution in [2.75, 3.05) is 0 Å². The minimum atomic E-state index is -4.34. The Bertz CT molecular complexity index is 429. The quantitative estimate of drug-likeness (QED) is 0.815. The largest absolute Gasteiger partial charge is 0.481 e. The van der Waals surface area contributed by atoms with Crippen LogP contribution in [0.3, 0.4) is 0 Å². The minimum Gasteiger partial charge on any atom is -0.481 e. The number of hydrogen-bond acceptors (Lipinski definition) is 3. The van der Waals surface area contributed by atoms with E-state index in [1.807, 2.05) is 0 Å². The minimum absolute atomic E-state index is 0. The van der Waals surface area contributed by atoms with Gasteiger partial charge in [0.05, 0.1) is 0 Å². The van der Waals surface area contributed by atoms with E-state index in [1.54, 1.807) is 6.07 Å². The van der Waals surface area contributed by atoms with Crippen LogP contribution in [0.4, 0.5) is 13.2 Å². The van der Waals surface area contributed by atoms with Gasteiger partial charge in [0.1, 0.15) is 0 Å². The monoisotopic (exact) mass is 315 g/mol. The van der Waals surface area contributed by atoms with Gasteiger partial charge in [0.2, 0.25) is 0 Å². The third-order valence-electron chi connectivity index (χ3n) is 2.19. The van der Waals surface area contributed by atoms with Gasteiger partial charge in [-0.1, -0.05) is 12.1 Å². The Kier molecular flexibility index (Phi) is 7.25. The van der Waals surface area contributed by atoms with E-state index >= 15 is 0 Å². The summed E-state index contributed by atoms with van der Waals surface area (Å²) in [4.78, 5) is 10.4. The van der Waals surface area contributed by atoms with Gasteiger partial charge in [0.25, 0.3) is 0 Å². The van der Waals surface area contributed by atoms with Crippen LogP contribution in [0.15, 0.2) is 29.2 Å². The Morgan fingerprint density at radius 3 is 2.58 bits per heavy atom. The van der Waals surface area contributed by atoms with Crippen LogP contribution in [-0.4, -0.2) is 16.6 Å². The number of alkyl halides is 3. The van der Waals surface area contributed by atoms with Gasteiger partial charge in [-0.05, 0) is 35.9 Å². The van der Waals surface area contributed by atoms with Crippen LogP contribution in [0.25, 0.3) is 0 Å². The highest BCUT2D eigenvalue weighted by Gasteiger charge is 2.29. The van der Waals surface area contributed by atoms with E-state index in [1.165, 1.54) is 18.2 Å². The van der Waals surface area contributed by atoms with Crippen molar-refractivity contribution in [3.8, 4) is 0 Å². The molecule has 0 saturated carbocycles. The fraction of sp³-hybridized carbons (Fsp3) is 0.364. The molecule has 108 valence electrons. The van der Waals surface area contributed by atoms with Crippen LogP contribution >= 0.6 is 24.2 Å². The number of benzene rings is 1. The Labute approximate surface area is 118 Å². The third kappa shape index (κ3) is 7.29. The molecule has 1 aromatic rings. The molecule has 3 nitrogen and oxygen atoms in total. The van der Waals surface area contributed by atoms with Crippen molar-refractivity contribution in [1.29, 1.82) is 0 Å². The fourth-order valence-electron chi connectivity index (χ4n) is 1.39. The molecule has 0 saturated heterocycles. The number of carboxylic acids is 1. The zero-order valence-electron chi connectivity index (χ0n) is 9.68. The molecule has 19 heavy (non-hydrogen) atoms. The van der Waals surface area contributed by atoms with E-state index in [4.69, 9.17) is 10.8 Å². The number of carbonyl (C=O) groups is 1. The lowest BCUT2D eigenvalue weighted by atomic mass is 10.0. The summed E-state index contributed by atoms with van der Waals surface area (Å²) in [5, 5.41) is 8.51. The van der Waals surface area contributed by atoms with E-state index in [0.29, 0.717) is 5.56 Å². The number of aliphatic carboxylic acids is 1. The van der Waals surface area contributed by atoms with Crippen molar-refractivity contribution >= 4 is 30.1 Å². The van der Waals surface area contributed by atoms with E-state index in [0.717, 1.165) is 0 Å². The van der Waals surface area contributed by atoms with E-state index in [-0.39, 0.29) is 41.9 Å². The molecule has 1 atom stereocenters. The Hall–Kier alpha value is -0.920. The summed E-state index contributed by atoms with van der Waals surface area (Å²) in [6.45, 7) is 0. The molecule has 0 amide bonds. The van der Waals surface area contributed by atoms with Gasteiger partial charge in [0.15, 0.2) is 0 Å². The molecule has 3 N–H and O–H groups in total. The molecular formula is C11H13ClF3NO2S. The van der Waals surface area contributed by atoms with Crippen molar-refractivity contribution in [2.45, 2.75) is 29.3 Å². The van der Waals surface area contributed by atoms with Crippen molar-refractivity contribution in [1.82, 2.24) is 0 Å². The molecule has 0 radical (unpaired) electrons. The molecule has 1 rings (SSSR count). The summed E-state index contributed by atoms with van der Waals surface area (Å²) in [6, 6.07) is 5.17. The third-order valence-corrected chi connectivity index (χ3v) is 2.91. The molecule has 0 spiro atoms. The van der Waals surface area contributed by atoms with Gasteiger partial charge >= 0.3 is 11.5 Å². The average molecular weight is 316 g/mol. The van der Waals surface area contributed by atoms with Crippen LogP contribution in [0, 0.1) is 0 Å². The van der Waals surface area contributed by atoms with E-state index < -0.39 is 17.5 Å². The average Bonchev–Trinajstić information content (AvgIpc) is 2.23. The molecule has 0 fully saturated rings. The Balaban J connectivity index is 0.00000324. The second kappa shape index (κ2) is 7.62. The summed E-state index contributed by atoms with van der Waals surface area (Å²) >= 11 is -0.215. The van der Waals surface area contributed by atoms with Gasteiger partial charge in [0, 0.05) is 17.4 Å². The maximum Gasteiger partial charge on any atom is 0.446 e. The first-order chi connectivity index (χ1) is 8.28. The van der Waals surface area contributed by atoms with Crippen molar-refractivity contribution in [3.05, 3.63) is 29.8 Å². The first-order valence-corrected chi connectivity index (χ1v) is 5.92. The smallest absolute Gasteiger partial charge is 0.446 e. The first kappa shape index (κ1) is 18.1. The lowest BCUT2D eigenvalue weighted by Gasteiger charge is -2.12. The highest BCUT2D eigenvalue weighted by Crippen LogP contribution is 2.37. The molecule has 0 aliphatic carbocycles. The molecule has 1 aromatic carbocycles. The maximum absolute atomic E-state index is 12.2. The predicted molar refractivity (Wildman–Crippen MR) is 69.4 cm³/mol. The van der Waals surface area contributed by atoms with Crippen molar-refractivity contribution in [2.24, 2.45) is 5.73 Å². The number of halogens is 4. The maximum atomic E-state index is 12.2. The second-order valence-electron chi connectivity index (χ2n) is 3.66. The molecule has 0 heterocycles. The summed E-state index contributed by atoms with van der Waals surface area (Å²) < 4.78 is 36.5. The van der Waals surface area contributed by atoms with E-state index in [2.05, 4.69) is 0 Å². The SMILES string of the molecule is Cl.NC(CCC(=O)O)c1cccc(SC(F)(F)F)c1. The first-order valence-electron chi connectivity index (χ1n) is 5.11. The summed E-state index contributed by atoms with van der Waals surface area (Å²) in [6.07, 6.45) is 0.0767. The number of nitrogens with two attached hydrogens (primary N) is 1. The molecular weight excluding hydrogens is 303 g/mol. The molecule has 1 unspecified atom stereocenters. The highest BCUT2D eigenvalue weighted by molar-refractivity contribution is 8.00. The highest BCUT2D eigenvalue weighted by atomic mass is 35.5. The zero-order valence-corrected chi connectivity index (χ0v) is 11.3. The van der Waals surface area contributed by atoms with Crippen LogP contribution in [0.5, 0.6) is 0 Å². The van der Waals surface area contributed by atoms with Gasteiger partial charge in [-0.3, -0.25) is 4.79 Å². The van der Waals surface area contributed by atoms with Crippen LogP contribution in [0.1, 0.15) is 24.4 Å². The predicted octanol–water partition coefficient (Wildman–Crippen LogP) is 3.58. The van der Waals surface area contributed by atoms with Crippen molar-refractivity contribution in [3.63, 3.8) is 0 Å². The van der Waals surface area contributed by atoms with Crippen LogP contribution in [-0.2, 0) is 4.79 Å². The fourth-order valence-corrected chi connectivity index (χ4v) is 2.00.